The molecule has 0 bridgehead atoms. The zero-order valence-corrected chi connectivity index (χ0v) is 17.5. The van der Waals surface area contributed by atoms with Gasteiger partial charge in [0.2, 0.25) is 11.8 Å². The van der Waals surface area contributed by atoms with E-state index in [9.17, 15) is 14.0 Å². The van der Waals surface area contributed by atoms with E-state index in [0.29, 0.717) is 13.1 Å². The van der Waals surface area contributed by atoms with Crippen molar-refractivity contribution in [3.05, 3.63) is 65.5 Å². The van der Waals surface area contributed by atoms with Crippen molar-refractivity contribution in [1.29, 1.82) is 0 Å². The lowest BCUT2D eigenvalue weighted by Crippen LogP contribution is -2.54. The SMILES string of the molecule is Cc1ccc(NC(=O)CN2CCN([C@H](C)C(=O)NCc3ccc(F)cc3)CC2)cc1. The summed E-state index contributed by atoms with van der Waals surface area (Å²) < 4.78 is 13.0. The van der Waals surface area contributed by atoms with E-state index in [1.807, 2.05) is 38.1 Å². The van der Waals surface area contributed by atoms with E-state index in [1.165, 1.54) is 12.1 Å². The van der Waals surface area contributed by atoms with Crippen LogP contribution in [0.25, 0.3) is 0 Å². The van der Waals surface area contributed by atoms with E-state index in [0.717, 1.165) is 43.0 Å². The van der Waals surface area contributed by atoms with Gasteiger partial charge in [-0.15, -0.1) is 0 Å². The van der Waals surface area contributed by atoms with Crippen LogP contribution in [0.3, 0.4) is 0 Å². The average molecular weight is 413 g/mol. The van der Waals surface area contributed by atoms with E-state index < -0.39 is 0 Å². The van der Waals surface area contributed by atoms with Gasteiger partial charge in [0, 0.05) is 38.4 Å². The monoisotopic (exact) mass is 412 g/mol. The summed E-state index contributed by atoms with van der Waals surface area (Å²) in [4.78, 5) is 29.0. The van der Waals surface area contributed by atoms with Crippen LogP contribution in [0.5, 0.6) is 0 Å². The van der Waals surface area contributed by atoms with Crippen molar-refractivity contribution in [1.82, 2.24) is 15.1 Å². The van der Waals surface area contributed by atoms with Crippen molar-refractivity contribution in [3.63, 3.8) is 0 Å². The van der Waals surface area contributed by atoms with Gasteiger partial charge >= 0.3 is 0 Å². The Bertz CT molecular complexity index is 847. The summed E-state index contributed by atoms with van der Waals surface area (Å²) in [5.74, 6) is -0.369. The van der Waals surface area contributed by atoms with Gasteiger partial charge in [0.05, 0.1) is 12.6 Å². The molecule has 0 saturated carbocycles. The number of nitrogens with zero attached hydrogens (tertiary/aromatic N) is 2. The van der Waals surface area contributed by atoms with Crippen LogP contribution in [-0.4, -0.2) is 60.4 Å². The lowest BCUT2D eigenvalue weighted by Gasteiger charge is -2.37. The third-order valence-corrected chi connectivity index (χ3v) is 5.42. The quantitative estimate of drug-likeness (QED) is 0.733. The molecular weight excluding hydrogens is 383 g/mol. The number of rotatable bonds is 7. The topological polar surface area (TPSA) is 64.7 Å². The van der Waals surface area contributed by atoms with Crippen molar-refractivity contribution in [2.45, 2.75) is 26.4 Å². The summed E-state index contributed by atoms with van der Waals surface area (Å²) in [6.07, 6.45) is 0. The third kappa shape index (κ3) is 6.37. The van der Waals surface area contributed by atoms with Crippen molar-refractivity contribution >= 4 is 17.5 Å². The Balaban J connectivity index is 1.39. The summed E-state index contributed by atoms with van der Waals surface area (Å²) >= 11 is 0. The van der Waals surface area contributed by atoms with Crippen LogP contribution in [0.2, 0.25) is 0 Å². The molecular formula is C23H29FN4O2. The zero-order valence-electron chi connectivity index (χ0n) is 17.5. The highest BCUT2D eigenvalue weighted by molar-refractivity contribution is 5.92. The number of benzene rings is 2. The summed E-state index contributed by atoms with van der Waals surface area (Å²) in [6.45, 7) is 7.53. The Labute approximate surface area is 177 Å². The summed E-state index contributed by atoms with van der Waals surface area (Å²) in [5, 5.41) is 5.83. The van der Waals surface area contributed by atoms with E-state index in [1.54, 1.807) is 12.1 Å². The molecule has 0 aromatic heterocycles. The predicted molar refractivity (Wildman–Crippen MR) is 116 cm³/mol. The van der Waals surface area contributed by atoms with Gasteiger partial charge < -0.3 is 10.6 Å². The lowest BCUT2D eigenvalue weighted by molar-refractivity contribution is -0.127. The molecule has 0 aliphatic carbocycles. The minimum absolute atomic E-state index is 0.0302. The first-order chi connectivity index (χ1) is 14.4. The first-order valence-corrected chi connectivity index (χ1v) is 10.3. The van der Waals surface area contributed by atoms with Gasteiger partial charge in [-0.05, 0) is 43.7 Å². The van der Waals surface area contributed by atoms with Gasteiger partial charge in [0.15, 0.2) is 0 Å². The number of piperazine rings is 1. The van der Waals surface area contributed by atoms with Gasteiger partial charge in [-0.1, -0.05) is 29.8 Å². The number of halogens is 1. The first-order valence-electron chi connectivity index (χ1n) is 10.3. The molecule has 0 unspecified atom stereocenters. The Kier molecular flexibility index (Phi) is 7.54. The van der Waals surface area contributed by atoms with Gasteiger partial charge in [-0.2, -0.15) is 0 Å². The number of carbonyl (C=O) groups excluding carboxylic acids is 2. The lowest BCUT2D eigenvalue weighted by atomic mass is 10.2. The minimum atomic E-state index is -0.288. The Morgan fingerprint density at radius 1 is 1.00 bits per heavy atom. The summed E-state index contributed by atoms with van der Waals surface area (Å²) in [7, 11) is 0. The fourth-order valence-corrected chi connectivity index (χ4v) is 3.45. The maximum absolute atomic E-state index is 13.0. The van der Waals surface area contributed by atoms with E-state index in [-0.39, 0.29) is 23.7 Å². The third-order valence-electron chi connectivity index (χ3n) is 5.42. The number of hydrogen-bond donors (Lipinski definition) is 2. The van der Waals surface area contributed by atoms with Crippen LogP contribution >= 0.6 is 0 Å². The number of amides is 2. The zero-order chi connectivity index (χ0) is 21.5. The minimum Gasteiger partial charge on any atom is -0.351 e. The summed E-state index contributed by atoms with van der Waals surface area (Å²) in [6, 6.07) is 13.6. The number of carbonyl (C=O) groups is 2. The highest BCUT2D eigenvalue weighted by atomic mass is 19.1. The number of hydrogen-bond acceptors (Lipinski definition) is 4. The fraction of sp³-hybridized carbons (Fsp3) is 0.391. The fourth-order valence-electron chi connectivity index (χ4n) is 3.45. The molecule has 1 fully saturated rings. The molecule has 1 atom stereocenters. The normalized spacial score (nSPS) is 16.1. The van der Waals surface area contributed by atoms with Crippen LogP contribution < -0.4 is 10.6 Å². The van der Waals surface area contributed by atoms with Gasteiger partial charge in [0.1, 0.15) is 5.82 Å². The largest absolute Gasteiger partial charge is 0.351 e. The summed E-state index contributed by atoms with van der Waals surface area (Å²) in [5.41, 5.74) is 2.82. The second-order valence-electron chi connectivity index (χ2n) is 7.75. The predicted octanol–water partition coefficient (Wildman–Crippen LogP) is 2.40. The van der Waals surface area contributed by atoms with Crippen LogP contribution in [0.15, 0.2) is 48.5 Å². The molecule has 160 valence electrons. The Morgan fingerprint density at radius 2 is 1.63 bits per heavy atom. The number of nitrogens with one attached hydrogen (secondary N) is 2. The first kappa shape index (κ1) is 21.9. The van der Waals surface area contributed by atoms with Crippen LogP contribution in [0, 0.1) is 12.7 Å². The van der Waals surface area contributed by atoms with Crippen molar-refractivity contribution in [2.24, 2.45) is 0 Å². The molecule has 2 N–H and O–H groups in total. The molecule has 6 nitrogen and oxygen atoms in total. The molecule has 2 amide bonds. The second kappa shape index (κ2) is 10.3. The molecule has 1 aliphatic heterocycles. The number of anilines is 1. The molecule has 30 heavy (non-hydrogen) atoms. The average Bonchev–Trinajstić information content (AvgIpc) is 2.75. The second-order valence-corrected chi connectivity index (χ2v) is 7.75. The molecule has 2 aromatic rings. The van der Waals surface area contributed by atoms with Gasteiger partial charge in [-0.3, -0.25) is 19.4 Å². The van der Waals surface area contributed by atoms with Crippen LogP contribution in [-0.2, 0) is 16.1 Å². The maximum atomic E-state index is 13.0. The molecule has 2 aromatic carbocycles. The van der Waals surface area contributed by atoms with E-state index in [2.05, 4.69) is 20.4 Å². The Hall–Kier alpha value is -2.77. The molecule has 1 saturated heterocycles. The molecule has 0 radical (unpaired) electrons. The van der Waals surface area contributed by atoms with Crippen LogP contribution in [0.4, 0.5) is 10.1 Å². The Morgan fingerprint density at radius 3 is 2.27 bits per heavy atom. The highest BCUT2D eigenvalue weighted by Gasteiger charge is 2.26. The van der Waals surface area contributed by atoms with Gasteiger partial charge in [0.25, 0.3) is 0 Å². The van der Waals surface area contributed by atoms with Gasteiger partial charge in [-0.25, -0.2) is 4.39 Å². The molecule has 7 heteroatoms. The van der Waals surface area contributed by atoms with E-state index in [4.69, 9.17) is 0 Å². The highest BCUT2D eigenvalue weighted by Crippen LogP contribution is 2.10. The number of aryl methyl sites for hydroxylation is 1. The molecule has 3 rings (SSSR count). The molecule has 1 aliphatic rings. The van der Waals surface area contributed by atoms with E-state index >= 15 is 0 Å². The molecule has 1 heterocycles. The maximum Gasteiger partial charge on any atom is 0.238 e. The standard InChI is InChI=1S/C23H29FN4O2/c1-17-3-9-21(10-4-17)26-22(29)16-27-11-13-28(14-12-27)18(2)23(30)25-15-19-5-7-20(24)8-6-19/h3-10,18H,11-16H2,1-2H3,(H,25,30)(H,26,29)/t18-/m1/s1. The smallest absolute Gasteiger partial charge is 0.238 e. The van der Waals surface area contributed by atoms with Crippen molar-refractivity contribution < 1.29 is 14.0 Å². The van der Waals surface area contributed by atoms with Crippen LogP contribution in [0.1, 0.15) is 18.1 Å². The van der Waals surface area contributed by atoms with Crippen molar-refractivity contribution in [3.8, 4) is 0 Å². The molecule has 0 spiro atoms. The van der Waals surface area contributed by atoms with Crippen molar-refractivity contribution in [2.75, 3.05) is 38.0 Å².